The van der Waals surface area contributed by atoms with Crippen molar-refractivity contribution in [3.8, 4) is 0 Å². The van der Waals surface area contributed by atoms with Crippen molar-refractivity contribution in [1.82, 2.24) is 9.97 Å². The average Bonchev–Trinajstić information content (AvgIpc) is 2.45. The van der Waals surface area contributed by atoms with Crippen molar-refractivity contribution in [2.45, 2.75) is 23.7 Å². The summed E-state index contributed by atoms with van der Waals surface area (Å²) in [5, 5.41) is 0.707. The predicted molar refractivity (Wildman–Crippen MR) is 79.2 cm³/mol. The van der Waals surface area contributed by atoms with Crippen LogP contribution in [0.25, 0.3) is 0 Å². The summed E-state index contributed by atoms with van der Waals surface area (Å²) in [5.41, 5.74) is 1.44. The smallest absolute Gasteiger partial charge is 0.256 e. The molecule has 0 unspecified atom stereocenters. The van der Waals surface area contributed by atoms with Crippen molar-refractivity contribution < 1.29 is 4.74 Å². The van der Waals surface area contributed by atoms with E-state index in [4.69, 9.17) is 16.3 Å². The second-order valence-electron chi connectivity index (χ2n) is 4.49. The molecular formula is C14H13ClN2O2S. The third-order valence-corrected chi connectivity index (χ3v) is 4.29. The number of nitrogens with one attached hydrogen (secondary N) is 1. The molecule has 0 saturated carbocycles. The highest BCUT2D eigenvalue weighted by atomic mass is 35.5. The van der Waals surface area contributed by atoms with E-state index in [0.29, 0.717) is 41.8 Å². The van der Waals surface area contributed by atoms with Crippen molar-refractivity contribution in [3.05, 3.63) is 56.7 Å². The molecule has 0 bridgehead atoms. The molecule has 0 spiro atoms. The molecule has 1 aromatic carbocycles. The minimum atomic E-state index is -0.0867. The molecule has 20 heavy (non-hydrogen) atoms. The van der Waals surface area contributed by atoms with Crippen molar-refractivity contribution in [3.63, 3.8) is 0 Å². The number of benzene rings is 1. The van der Waals surface area contributed by atoms with Gasteiger partial charge in [-0.05, 0) is 18.2 Å². The summed E-state index contributed by atoms with van der Waals surface area (Å²) >= 11 is 7.54. The van der Waals surface area contributed by atoms with Gasteiger partial charge in [-0.2, -0.15) is 0 Å². The first-order valence-corrected chi connectivity index (χ1v) is 7.66. The van der Waals surface area contributed by atoms with Crippen LogP contribution < -0.4 is 5.56 Å². The van der Waals surface area contributed by atoms with Gasteiger partial charge in [0, 0.05) is 16.3 Å². The van der Waals surface area contributed by atoms with Crippen LogP contribution in [0, 0.1) is 0 Å². The number of halogens is 1. The lowest BCUT2D eigenvalue weighted by molar-refractivity contribution is 0.108. The van der Waals surface area contributed by atoms with Gasteiger partial charge in [0.05, 0.1) is 30.2 Å². The van der Waals surface area contributed by atoms with Crippen LogP contribution in [0.5, 0.6) is 0 Å². The molecule has 0 fully saturated rings. The zero-order chi connectivity index (χ0) is 13.9. The summed E-state index contributed by atoms with van der Waals surface area (Å²) in [6.45, 7) is 0.990. The maximum Gasteiger partial charge on any atom is 0.256 e. The predicted octanol–water partition coefficient (Wildman–Crippen LogP) is 2.79. The van der Waals surface area contributed by atoms with Crippen LogP contribution in [0.1, 0.15) is 17.1 Å². The van der Waals surface area contributed by atoms with Gasteiger partial charge in [-0.25, -0.2) is 4.98 Å². The molecule has 2 heterocycles. The third kappa shape index (κ3) is 3.06. The number of thioether (sulfide) groups is 1. The van der Waals surface area contributed by atoms with Crippen LogP contribution >= 0.6 is 23.4 Å². The second kappa shape index (κ2) is 5.99. The van der Waals surface area contributed by atoms with Gasteiger partial charge in [0.2, 0.25) is 0 Å². The maximum absolute atomic E-state index is 11.9. The lowest BCUT2D eigenvalue weighted by atomic mass is 10.1. The van der Waals surface area contributed by atoms with E-state index < -0.39 is 0 Å². The first-order valence-electron chi connectivity index (χ1n) is 6.29. The molecule has 0 radical (unpaired) electrons. The molecule has 6 heteroatoms. The largest absolute Gasteiger partial charge is 0.376 e. The Kier molecular flexibility index (Phi) is 4.10. The molecule has 1 aromatic heterocycles. The Morgan fingerprint density at radius 3 is 3.20 bits per heavy atom. The fourth-order valence-electron chi connectivity index (χ4n) is 2.07. The molecule has 104 valence electrons. The van der Waals surface area contributed by atoms with Gasteiger partial charge >= 0.3 is 0 Å². The van der Waals surface area contributed by atoms with Gasteiger partial charge in [0.25, 0.3) is 5.56 Å². The number of rotatable bonds is 3. The van der Waals surface area contributed by atoms with Crippen molar-refractivity contribution in [2.24, 2.45) is 0 Å². The normalized spacial score (nSPS) is 14.1. The number of aromatic nitrogens is 2. The molecule has 1 aliphatic rings. The van der Waals surface area contributed by atoms with Gasteiger partial charge in [-0.1, -0.05) is 17.7 Å². The number of ether oxygens (including phenoxy) is 1. The Morgan fingerprint density at radius 2 is 2.35 bits per heavy atom. The van der Waals surface area contributed by atoms with E-state index in [2.05, 4.69) is 9.97 Å². The summed E-state index contributed by atoms with van der Waals surface area (Å²) in [6.07, 6.45) is 0.702. The molecule has 2 aromatic rings. The molecule has 3 rings (SSSR count). The number of H-pyrrole nitrogens is 1. The molecule has 0 amide bonds. The SMILES string of the molecule is O=c1[nH]c(CSc2cccc(Cl)c2)nc2c1COCC2. The zero-order valence-corrected chi connectivity index (χ0v) is 12.3. The quantitative estimate of drug-likeness (QED) is 0.886. The summed E-state index contributed by atoms with van der Waals surface area (Å²) in [7, 11) is 0. The fourth-order valence-corrected chi connectivity index (χ4v) is 3.15. The number of nitrogens with zero attached hydrogens (tertiary/aromatic N) is 1. The number of fused-ring (bicyclic) bond motifs is 1. The molecule has 1 aliphatic heterocycles. The van der Waals surface area contributed by atoms with Crippen molar-refractivity contribution >= 4 is 23.4 Å². The molecule has 0 atom stereocenters. The Morgan fingerprint density at radius 1 is 1.45 bits per heavy atom. The third-order valence-electron chi connectivity index (χ3n) is 3.05. The highest BCUT2D eigenvalue weighted by Gasteiger charge is 2.15. The second-order valence-corrected chi connectivity index (χ2v) is 5.97. The molecule has 1 N–H and O–H groups in total. The monoisotopic (exact) mass is 308 g/mol. The summed E-state index contributed by atoms with van der Waals surface area (Å²) in [6, 6.07) is 7.63. The Hall–Kier alpha value is -1.30. The molecule has 0 aliphatic carbocycles. The fraction of sp³-hybridized carbons (Fsp3) is 0.286. The zero-order valence-electron chi connectivity index (χ0n) is 10.7. The van der Waals surface area contributed by atoms with E-state index in [1.165, 1.54) is 0 Å². The topological polar surface area (TPSA) is 55.0 Å². The number of hydrogen-bond donors (Lipinski definition) is 1. The lowest BCUT2D eigenvalue weighted by Gasteiger charge is -2.15. The summed E-state index contributed by atoms with van der Waals surface area (Å²) < 4.78 is 5.28. The minimum absolute atomic E-state index is 0.0867. The highest BCUT2D eigenvalue weighted by Crippen LogP contribution is 2.24. The van der Waals surface area contributed by atoms with Crippen LogP contribution in [-0.2, 0) is 23.5 Å². The van der Waals surface area contributed by atoms with Gasteiger partial charge in [0.1, 0.15) is 5.82 Å². The maximum atomic E-state index is 11.9. The van der Waals surface area contributed by atoms with E-state index in [1.807, 2.05) is 24.3 Å². The molecular weight excluding hydrogens is 296 g/mol. The Bertz CT molecular complexity index is 687. The molecule has 4 nitrogen and oxygen atoms in total. The van der Waals surface area contributed by atoms with Crippen molar-refractivity contribution in [1.29, 1.82) is 0 Å². The van der Waals surface area contributed by atoms with Crippen LogP contribution in [0.3, 0.4) is 0 Å². The number of aromatic amines is 1. The van der Waals surface area contributed by atoms with E-state index in [0.717, 1.165) is 10.6 Å². The Balaban J connectivity index is 1.78. The first kappa shape index (κ1) is 13.7. The van der Waals surface area contributed by atoms with Gasteiger partial charge in [-0.15, -0.1) is 11.8 Å². The van der Waals surface area contributed by atoms with E-state index in [1.54, 1.807) is 11.8 Å². The van der Waals surface area contributed by atoms with Crippen LogP contribution in [0.2, 0.25) is 5.02 Å². The molecule has 0 saturated heterocycles. The van der Waals surface area contributed by atoms with E-state index in [-0.39, 0.29) is 5.56 Å². The lowest BCUT2D eigenvalue weighted by Crippen LogP contribution is -2.25. The highest BCUT2D eigenvalue weighted by molar-refractivity contribution is 7.98. The van der Waals surface area contributed by atoms with Gasteiger partial charge < -0.3 is 9.72 Å². The average molecular weight is 309 g/mol. The number of hydrogen-bond acceptors (Lipinski definition) is 4. The van der Waals surface area contributed by atoms with Crippen LogP contribution in [-0.4, -0.2) is 16.6 Å². The summed E-state index contributed by atoms with van der Waals surface area (Å²) in [4.78, 5) is 20.3. The summed E-state index contributed by atoms with van der Waals surface area (Å²) in [5.74, 6) is 1.31. The Labute approximate surface area is 125 Å². The van der Waals surface area contributed by atoms with Crippen molar-refractivity contribution in [2.75, 3.05) is 6.61 Å². The van der Waals surface area contributed by atoms with Crippen LogP contribution in [0.15, 0.2) is 34.0 Å². The standard InChI is InChI=1S/C14H13ClN2O2S/c15-9-2-1-3-10(6-9)20-8-13-16-12-4-5-19-7-11(12)14(18)17-13/h1-3,6H,4-5,7-8H2,(H,16,17,18). The van der Waals surface area contributed by atoms with Gasteiger partial charge in [-0.3, -0.25) is 4.79 Å². The van der Waals surface area contributed by atoms with E-state index >= 15 is 0 Å². The van der Waals surface area contributed by atoms with E-state index in [9.17, 15) is 4.79 Å². The van der Waals surface area contributed by atoms with Gasteiger partial charge in [0.15, 0.2) is 0 Å². The minimum Gasteiger partial charge on any atom is -0.376 e. The van der Waals surface area contributed by atoms with Crippen LogP contribution in [0.4, 0.5) is 0 Å². The first-order chi connectivity index (χ1) is 9.72.